The van der Waals surface area contributed by atoms with Gasteiger partial charge in [0.2, 0.25) is 5.91 Å². The molecule has 4 heteroatoms. The molecular weight excluding hydrogens is 264 g/mol. The molecule has 118 valence electrons. The van der Waals surface area contributed by atoms with Gasteiger partial charge in [-0.25, -0.2) is 0 Å². The fraction of sp³-hybridized carbons (Fsp3) is 0.765. The Morgan fingerprint density at radius 1 is 1.29 bits per heavy atom. The minimum Gasteiger partial charge on any atom is -0.361 e. The van der Waals surface area contributed by atoms with Crippen molar-refractivity contribution in [3.63, 3.8) is 0 Å². The summed E-state index contributed by atoms with van der Waals surface area (Å²) in [6.07, 6.45) is 10.6. The highest BCUT2D eigenvalue weighted by Crippen LogP contribution is 2.26. The number of aryl methyl sites for hydroxylation is 2. The van der Waals surface area contributed by atoms with E-state index in [1.807, 2.05) is 13.8 Å². The highest BCUT2D eigenvalue weighted by Gasteiger charge is 2.13. The first-order chi connectivity index (χ1) is 10.2. The quantitative estimate of drug-likeness (QED) is 0.780. The summed E-state index contributed by atoms with van der Waals surface area (Å²) >= 11 is 0. The molecule has 1 aliphatic carbocycles. The summed E-state index contributed by atoms with van der Waals surface area (Å²) in [5.41, 5.74) is 1.98. The Kier molecular flexibility index (Phi) is 6.27. The normalized spacial score (nSPS) is 16.1. The lowest BCUT2D eigenvalue weighted by atomic mass is 9.86. The second kappa shape index (κ2) is 8.20. The lowest BCUT2D eigenvalue weighted by molar-refractivity contribution is -0.121. The summed E-state index contributed by atoms with van der Waals surface area (Å²) in [5.74, 6) is 1.87. The maximum atomic E-state index is 11.8. The van der Waals surface area contributed by atoms with E-state index < -0.39 is 0 Å². The van der Waals surface area contributed by atoms with Crippen LogP contribution >= 0.6 is 0 Å². The Balaban J connectivity index is 1.57. The summed E-state index contributed by atoms with van der Waals surface area (Å²) in [5, 5.41) is 6.95. The summed E-state index contributed by atoms with van der Waals surface area (Å²) in [6, 6.07) is 0. The molecule has 1 aromatic rings. The number of nitrogens with zero attached hydrogens (tertiary/aromatic N) is 1. The summed E-state index contributed by atoms with van der Waals surface area (Å²) in [7, 11) is 0. The third kappa shape index (κ3) is 5.18. The maximum absolute atomic E-state index is 11.8. The predicted octanol–water partition coefficient (Wildman–Crippen LogP) is 3.70. The first-order valence-electron chi connectivity index (χ1n) is 8.35. The number of amides is 1. The van der Waals surface area contributed by atoms with Gasteiger partial charge in [-0.2, -0.15) is 0 Å². The van der Waals surface area contributed by atoms with Crippen LogP contribution in [0.5, 0.6) is 0 Å². The minimum absolute atomic E-state index is 0.138. The number of carbonyl (C=O) groups is 1. The summed E-state index contributed by atoms with van der Waals surface area (Å²) < 4.78 is 5.11. The largest absolute Gasteiger partial charge is 0.361 e. The van der Waals surface area contributed by atoms with Gasteiger partial charge in [-0.05, 0) is 39.0 Å². The van der Waals surface area contributed by atoms with E-state index in [1.165, 1.54) is 38.5 Å². The second-order valence-corrected chi connectivity index (χ2v) is 6.30. The zero-order valence-corrected chi connectivity index (χ0v) is 13.4. The Bertz CT molecular complexity index is 428. The van der Waals surface area contributed by atoms with Crippen molar-refractivity contribution in [3.05, 3.63) is 17.0 Å². The van der Waals surface area contributed by atoms with E-state index in [1.54, 1.807) is 0 Å². The van der Waals surface area contributed by atoms with Gasteiger partial charge in [-0.15, -0.1) is 0 Å². The molecule has 0 bridgehead atoms. The van der Waals surface area contributed by atoms with Crippen LogP contribution in [-0.4, -0.2) is 17.6 Å². The molecule has 21 heavy (non-hydrogen) atoms. The van der Waals surface area contributed by atoms with Crippen molar-refractivity contribution in [1.82, 2.24) is 10.5 Å². The van der Waals surface area contributed by atoms with E-state index in [-0.39, 0.29) is 5.91 Å². The first kappa shape index (κ1) is 16.1. The third-order valence-corrected chi connectivity index (χ3v) is 4.62. The Morgan fingerprint density at radius 3 is 2.71 bits per heavy atom. The average Bonchev–Trinajstić information content (AvgIpc) is 2.81. The van der Waals surface area contributed by atoms with E-state index in [2.05, 4.69) is 10.5 Å². The van der Waals surface area contributed by atoms with Crippen LogP contribution in [0.2, 0.25) is 0 Å². The van der Waals surface area contributed by atoms with Crippen molar-refractivity contribution in [3.8, 4) is 0 Å². The lowest BCUT2D eigenvalue weighted by Gasteiger charge is -2.21. The molecule has 0 aliphatic heterocycles. The number of nitrogens with one attached hydrogen (secondary N) is 1. The fourth-order valence-corrected chi connectivity index (χ4v) is 3.28. The highest BCUT2D eigenvalue weighted by molar-refractivity contribution is 5.76. The van der Waals surface area contributed by atoms with Crippen molar-refractivity contribution in [2.45, 2.75) is 71.6 Å². The van der Waals surface area contributed by atoms with Crippen molar-refractivity contribution in [2.24, 2.45) is 5.92 Å². The third-order valence-electron chi connectivity index (χ3n) is 4.62. The van der Waals surface area contributed by atoms with Crippen molar-refractivity contribution in [2.75, 3.05) is 6.54 Å². The van der Waals surface area contributed by atoms with Crippen molar-refractivity contribution >= 4 is 5.91 Å². The van der Waals surface area contributed by atoms with Gasteiger partial charge in [0.1, 0.15) is 5.76 Å². The maximum Gasteiger partial charge on any atom is 0.220 e. The SMILES string of the molecule is Cc1noc(C)c1CCC(=O)NCCCC1CCCCC1. The molecule has 0 radical (unpaired) electrons. The second-order valence-electron chi connectivity index (χ2n) is 6.30. The molecule has 1 aromatic heterocycles. The van der Waals surface area contributed by atoms with E-state index >= 15 is 0 Å². The highest BCUT2D eigenvalue weighted by atomic mass is 16.5. The molecule has 0 spiro atoms. The monoisotopic (exact) mass is 292 g/mol. The van der Waals surface area contributed by atoms with Gasteiger partial charge < -0.3 is 9.84 Å². The van der Waals surface area contributed by atoms with Crippen LogP contribution in [0.15, 0.2) is 4.52 Å². The molecule has 0 atom stereocenters. The topological polar surface area (TPSA) is 55.1 Å². The lowest BCUT2D eigenvalue weighted by Crippen LogP contribution is -2.25. The van der Waals surface area contributed by atoms with E-state index in [9.17, 15) is 4.79 Å². The van der Waals surface area contributed by atoms with Crippen LogP contribution in [0.4, 0.5) is 0 Å². The van der Waals surface area contributed by atoms with E-state index in [0.717, 1.165) is 42.3 Å². The number of carbonyl (C=O) groups excluding carboxylic acids is 1. The molecule has 1 heterocycles. The van der Waals surface area contributed by atoms with Gasteiger partial charge in [0.25, 0.3) is 0 Å². The first-order valence-corrected chi connectivity index (χ1v) is 8.35. The van der Waals surface area contributed by atoms with Crippen molar-refractivity contribution < 1.29 is 9.32 Å². The van der Waals surface area contributed by atoms with E-state index in [0.29, 0.717) is 6.42 Å². The van der Waals surface area contributed by atoms with Crippen LogP contribution < -0.4 is 5.32 Å². The van der Waals surface area contributed by atoms with Crippen LogP contribution in [0.25, 0.3) is 0 Å². The summed E-state index contributed by atoms with van der Waals surface area (Å²) in [4.78, 5) is 11.8. The molecule has 1 N–H and O–H groups in total. The molecule has 1 saturated carbocycles. The van der Waals surface area contributed by atoms with Gasteiger partial charge >= 0.3 is 0 Å². The molecule has 1 amide bonds. The van der Waals surface area contributed by atoms with Crippen LogP contribution in [0.3, 0.4) is 0 Å². The zero-order chi connectivity index (χ0) is 15.1. The zero-order valence-electron chi connectivity index (χ0n) is 13.4. The molecule has 0 aromatic carbocycles. The fourth-order valence-electron chi connectivity index (χ4n) is 3.28. The predicted molar refractivity (Wildman–Crippen MR) is 83.1 cm³/mol. The van der Waals surface area contributed by atoms with E-state index in [4.69, 9.17) is 4.52 Å². The molecular formula is C17H28N2O2. The van der Waals surface area contributed by atoms with Crippen LogP contribution in [0.1, 0.15) is 68.4 Å². The molecule has 2 rings (SSSR count). The van der Waals surface area contributed by atoms with Crippen LogP contribution in [0, 0.1) is 19.8 Å². The number of aromatic nitrogens is 1. The molecule has 0 saturated heterocycles. The van der Waals surface area contributed by atoms with Gasteiger partial charge in [0.15, 0.2) is 0 Å². The number of rotatable bonds is 7. The van der Waals surface area contributed by atoms with Gasteiger partial charge in [0.05, 0.1) is 5.69 Å². The minimum atomic E-state index is 0.138. The van der Waals surface area contributed by atoms with Gasteiger partial charge in [0, 0.05) is 18.5 Å². The Hall–Kier alpha value is -1.32. The average molecular weight is 292 g/mol. The molecule has 4 nitrogen and oxygen atoms in total. The number of hydrogen-bond acceptors (Lipinski definition) is 3. The summed E-state index contributed by atoms with van der Waals surface area (Å²) in [6.45, 7) is 4.64. The standard InChI is InChI=1S/C17H28N2O2/c1-13-16(14(2)21-19-13)10-11-17(20)18-12-6-9-15-7-4-3-5-8-15/h15H,3-12H2,1-2H3,(H,18,20). The molecule has 0 unspecified atom stereocenters. The Labute approximate surface area is 127 Å². The van der Waals surface area contributed by atoms with Crippen molar-refractivity contribution in [1.29, 1.82) is 0 Å². The van der Waals surface area contributed by atoms with Crippen LogP contribution in [-0.2, 0) is 11.2 Å². The Morgan fingerprint density at radius 2 is 2.05 bits per heavy atom. The molecule has 1 aliphatic rings. The number of hydrogen-bond donors (Lipinski definition) is 1. The molecule has 1 fully saturated rings. The van der Waals surface area contributed by atoms with Gasteiger partial charge in [-0.1, -0.05) is 37.3 Å². The smallest absolute Gasteiger partial charge is 0.220 e. The van der Waals surface area contributed by atoms with Gasteiger partial charge in [-0.3, -0.25) is 4.79 Å².